The first-order chi connectivity index (χ1) is 13.4. The molecule has 9 nitrogen and oxygen atoms in total. The number of carboxylic acids is 1. The molecule has 9 heteroatoms. The van der Waals surface area contributed by atoms with E-state index in [0.717, 1.165) is 5.56 Å². The summed E-state index contributed by atoms with van der Waals surface area (Å²) in [6.45, 7) is 0.260. The smallest absolute Gasteiger partial charge is 0.335 e. The van der Waals surface area contributed by atoms with Gasteiger partial charge in [-0.1, -0.05) is 6.07 Å². The Hall–Kier alpha value is -3.88. The fourth-order valence-electron chi connectivity index (χ4n) is 2.75. The standard InChI is InChI=1S/C19H17N3O6/c1-28-14-7-6-13-9-22(17(24)15(13)8-14)10-20-19(27)21-16(23)11-2-4-12(5-3-11)18(25)26/h2-8H,9-10H2,1H3,(H,25,26)(H2,20,21,23,27). The fourth-order valence-corrected chi connectivity index (χ4v) is 2.75. The van der Waals surface area contributed by atoms with Gasteiger partial charge in [0.15, 0.2) is 0 Å². The number of methoxy groups -OCH3 is 1. The number of hydrogen-bond donors (Lipinski definition) is 3. The van der Waals surface area contributed by atoms with Gasteiger partial charge in [-0.15, -0.1) is 0 Å². The highest BCUT2D eigenvalue weighted by molar-refractivity contribution is 6.05. The number of nitrogens with zero attached hydrogens (tertiary/aromatic N) is 1. The van der Waals surface area contributed by atoms with E-state index in [9.17, 15) is 19.2 Å². The van der Waals surface area contributed by atoms with Crippen LogP contribution in [0.5, 0.6) is 5.75 Å². The highest BCUT2D eigenvalue weighted by atomic mass is 16.5. The van der Waals surface area contributed by atoms with Crippen molar-refractivity contribution in [2.75, 3.05) is 13.8 Å². The number of carbonyl (C=O) groups is 4. The summed E-state index contributed by atoms with van der Waals surface area (Å²) in [6.07, 6.45) is 0. The Kier molecular flexibility index (Phi) is 5.25. The maximum absolute atomic E-state index is 12.4. The first-order valence-electron chi connectivity index (χ1n) is 8.28. The van der Waals surface area contributed by atoms with Crippen LogP contribution in [0.1, 0.15) is 36.6 Å². The largest absolute Gasteiger partial charge is 0.497 e. The second kappa shape index (κ2) is 7.78. The van der Waals surface area contributed by atoms with Gasteiger partial charge in [-0.2, -0.15) is 0 Å². The molecule has 4 amide bonds. The molecule has 1 aliphatic heterocycles. The topological polar surface area (TPSA) is 125 Å². The molecule has 0 atom stereocenters. The van der Waals surface area contributed by atoms with Crippen LogP contribution < -0.4 is 15.4 Å². The van der Waals surface area contributed by atoms with E-state index < -0.39 is 17.9 Å². The summed E-state index contributed by atoms with van der Waals surface area (Å²) in [5.74, 6) is -1.47. The summed E-state index contributed by atoms with van der Waals surface area (Å²) in [7, 11) is 1.51. The number of fused-ring (bicyclic) bond motifs is 1. The molecular weight excluding hydrogens is 366 g/mol. The Bertz CT molecular complexity index is 955. The van der Waals surface area contributed by atoms with E-state index in [1.165, 1.54) is 36.3 Å². The summed E-state index contributed by atoms with van der Waals surface area (Å²) in [5, 5.41) is 13.4. The molecule has 1 heterocycles. The van der Waals surface area contributed by atoms with Gasteiger partial charge in [-0.3, -0.25) is 14.9 Å². The number of amides is 4. The van der Waals surface area contributed by atoms with E-state index in [0.29, 0.717) is 17.9 Å². The van der Waals surface area contributed by atoms with Crippen molar-refractivity contribution < 1.29 is 29.0 Å². The van der Waals surface area contributed by atoms with Crippen molar-refractivity contribution in [2.24, 2.45) is 0 Å². The van der Waals surface area contributed by atoms with Crippen LogP contribution in [-0.4, -0.2) is 47.6 Å². The third-order valence-electron chi connectivity index (χ3n) is 4.25. The Morgan fingerprint density at radius 1 is 1.11 bits per heavy atom. The molecule has 0 bridgehead atoms. The Morgan fingerprint density at radius 2 is 1.79 bits per heavy atom. The third kappa shape index (κ3) is 3.93. The number of aromatic carboxylic acids is 1. The zero-order chi connectivity index (χ0) is 20.3. The summed E-state index contributed by atoms with van der Waals surface area (Å²) >= 11 is 0. The molecule has 3 rings (SSSR count). The maximum atomic E-state index is 12.4. The molecule has 0 unspecified atom stereocenters. The van der Waals surface area contributed by atoms with Crippen molar-refractivity contribution in [3.63, 3.8) is 0 Å². The van der Waals surface area contributed by atoms with Gasteiger partial charge < -0.3 is 20.1 Å². The number of hydrogen-bond acceptors (Lipinski definition) is 5. The SMILES string of the molecule is COc1ccc2c(c1)C(=O)N(CNC(=O)NC(=O)c1ccc(C(=O)O)cc1)C2. The van der Waals surface area contributed by atoms with Gasteiger partial charge in [0.2, 0.25) is 0 Å². The van der Waals surface area contributed by atoms with Crippen LogP contribution in [0.25, 0.3) is 0 Å². The number of ether oxygens (including phenoxy) is 1. The van der Waals surface area contributed by atoms with Crippen molar-refractivity contribution in [3.05, 3.63) is 64.7 Å². The summed E-state index contributed by atoms with van der Waals surface area (Å²) in [5.41, 5.74) is 1.50. The van der Waals surface area contributed by atoms with E-state index in [1.807, 2.05) is 0 Å². The van der Waals surface area contributed by atoms with Gasteiger partial charge in [-0.25, -0.2) is 9.59 Å². The maximum Gasteiger partial charge on any atom is 0.335 e. The van der Waals surface area contributed by atoms with Crippen molar-refractivity contribution in [1.29, 1.82) is 0 Å². The highest BCUT2D eigenvalue weighted by Gasteiger charge is 2.28. The minimum Gasteiger partial charge on any atom is -0.497 e. The second-order valence-corrected chi connectivity index (χ2v) is 6.03. The first-order valence-corrected chi connectivity index (χ1v) is 8.28. The number of nitrogens with one attached hydrogen (secondary N) is 2. The molecule has 28 heavy (non-hydrogen) atoms. The highest BCUT2D eigenvalue weighted by Crippen LogP contribution is 2.26. The quantitative estimate of drug-likeness (QED) is 0.718. The minimum atomic E-state index is -1.11. The minimum absolute atomic E-state index is 0.0322. The molecule has 2 aromatic carbocycles. The molecular formula is C19H17N3O6. The van der Waals surface area contributed by atoms with Gasteiger partial charge in [-0.05, 0) is 42.0 Å². The molecule has 144 valence electrons. The van der Waals surface area contributed by atoms with Crippen LogP contribution in [-0.2, 0) is 6.54 Å². The van der Waals surface area contributed by atoms with Gasteiger partial charge in [0, 0.05) is 17.7 Å². The van der Waals surface area contributed by atoms with Crippen LogP contribution in [0.3, 0.4) is 0 Å². The van der Waals surface area contributed by atoms with Gasteiger partial charge in [0.25, 0.3) is 11.8 Å². The molecule has 1 aliphatic rings. The molecule has 2 aromatic rings. The van der Waals surface area contributed by atoms with Crippen LogP contribution in [0, 0.1) is 0 Å². The van der Waals surface area contributed by atoms with Gasteiger partial charge >= 0.3 is 12.0 Å². The monoisotopic (exact) mass is 383 g/mol. The fraction of sp³-hybridized carbons (Fsp3) is 0.158. The lowest BCUT2D eigenvalue weighted by Crippen LogP contribution is -2.44. The molecule has 0 spiro atoms. The van der Waals surface area contributed by atoms with Crippen molar-refractivity contribution in [3.8, 4) is 5.75 Å². The molecule has 0 aromatic heterocycles. The van der Waals surface area contributed by atoms with E-state index in [1.54, 1.807) is 18.2 Å². The lowest BCUT2D eigenvalue weighted by Gasteiger charge is -2.16. The normalized spacial score (nSPS) is 12.3. The molecule has 0 saturated heterocycles. The van der Waals surface area contributed by atoms with Crippen LogP contribution in [0.15, 0.2) is 42.5 Å². The summed E-state index contributed by atoms with van der Waals surface area (Å²) in [4.78, 5) is 48.6. The van der Waals surface area contributed by atoms with E-state index in [4.69, 9.17) is 9.84 Å². The number of carbonyl (C=O) groups excluding carboxylic acids is 3. The third-order valence-corrected chi connectivity index (χ3v) is 4.25. The zero-order valence-corrected chi connectivity index (χ0v) is 14.9. The second-order valence-electron chi connectivity index (χ2n) is 6.03. The molecule has 3 N–H and O–H groups in total. The average Bonchev–Trinajstić information content (AvgIpc) is 3.01. The molecule has 0 saturated carbocycles. The predicted octanol–water partition coefficient (Wildman–Crippen LogP) is 1.45. The number of imide groups is 1. The Labute approximate surface area is 159 Å². The molecule has 0 radical (unpaired) electrons. The Morgan fingerprint density at radius 3 is 2.43 bits per heavy atom. The molecule has 0 aliphatic carbocycles. The van der Waals surface area contributed by atoms with E-state index >= 15 is 0 Å². The number of benzene rings is 2. The Balaban J connectivity index is 1.54. The number of rotatable bonds is 5. The lowest BCUT2D eigenvalue weighted by molar-refractivity contribution is 0.0695. The first kappa shape index (κ1) is 18.9. The van der Waals surface area contributed by atoms with Crippen molar-refractivity contribution in [2.45, 2.75) is 6.54 Å². The average molecular weight is 383 g/mol. The van der Waals surface area contributed by atoms with Crippen LogP contribution in [0.4, 0.5) is 4.79 Å². The number of urea groups is 1. The molecule has 0 fully saturated rings. The van der Waals surface area contributed by atoms with Gasteiger partial charge in [0.1, 0.15) is 5.75 Å². The van der Waals surface area contributed by atoms with E-state index in [-0.39, 0.29) is 23.7 Å². The van der Waals surface area contributed by atoms with Gasteiger partial charge in [0.05, 0.1) is 19.3 Å². The summed E-state index contributed by atoms with van der Waals surface area (Å²) < 4.78 is 5.11. The van der Waals surface area contributed by atoms with Crippen molar-refractivity contribution in [1.82, 2.24) is 15.5 Å². The van der Waals surface area contributed by atoms with Crippen LogP contribution >= 0.6 is 0 Å². The lowest BCUT2D eigenvalue weighted by atomic mass is 10.1. The number of carboxylic acid groups (broad SMARTS) is 1. The summed E-state index contributed by atoms with van der Waals surface area (Å²) in [6, 6.07) is 9.56. The predicted molar refractivity (Wildman–Crippen MR) is 97.1 cm³/mol. The van der Waals surface area contributed by atoms with Crippen molar-refractivity contribution >= 4 is 23.8 Å². The van der Waals surface area contributed by atoms with Crippen LogP contribution in [0.2, 0.25) is 0 Å². The zero-order valence-electron chi connectivity index (χ0n) is 14.9. The van der Waals surface area contributed by atoms with E-state index in [2.05, 4.69) is 10.6 Å².